The highest BCUT2D eigenvalue weighted by Gasteiger charge is 2.17. The van der Waals surface area contributed by atoms with Crippen molar-refractivity contribution in [2.45, 2.75) is 33.1 Å². The van der Waals surface area contributed by atoms with Gasteiger partial charge in [0.05, 0.1) is 5.69 Å². The maximum absolute atomic E-state index is 13.1. The second kappa shape index (κ2) is 11.3. The van der Waals surface area contributed by atoms with Gasteiger partial charge in [-0.25, -0.2) is 4.98 Å². The zero-order valence-corrected chi connectivity index (χ0v) is 24.3. The third-order valence-corrected chi connectivity index (χ3v) is 7.20. The zero-order valence-electron chi connectivity index (χ0n) is 24.3. The van der Waals surface area contributed by atoms with E-state index in [1.54, 1.807) is 19.4 Å². The second-order valence-corrected chi connectivity index (χ2v) is 11.3. The summed E-state index contributed by atoms with van der Waals surface area (Å²) in [6, 6.07) is 24.0. The summed E-state index contributed by atoms with van der Waals surface area (Å²) in [5.74, 6) is -0.0262. The average molecular weight is 560 g/mol. The van der Waals surface area contributed by atoms with Crippen molar-refractivity contribution in [1.29, 1.82) is 0 Å². The van der Waals surface area contributed by atoms with Crippen LogP contribution in [0.25, 0.3) is 22.4 Å². The smallest absolute Gasteiger partial charge is 0.293 e. The molecule has 8 heteroatoms. The summed E-state index contributed by atoms with van der Waals surface area (Å²) in [6.07, 6.45) is 3.29. The van der Waals surface area contributed by atoms with Crippen LogP contribution in [0.15, 0.2) is 101 Å². The zero-order chi connectivity index (χ0) is 30.0. The molecule has 1 amide bonds. The van der Waals surface area contributed by atoms with E-state index in [0.29, 0.717) is 22.6 Å². The van der Waals surface area contributed by atoms with Crippen LogP contribution < -0.4 is 21.8 Å². The molecule has 3 aromatic carbocycles. The normalized spacial score (nSPS) is 11.3. The number of pyridine rings is 1. The van der Waals surface area contributed by atoms with E-state index in [4.69, 9.17) is 0 Å². The van der Waals surface area contributed by atoms with Crippen LogP contribution in [0.1, 0.15) is 42.3 Å². The van der Waals surface area contributed by atoms with Gasteiger partial charge in [-0.05, 0) is 71.0 Å². The summed E-state index contributed by atoms with van der Waals surface area (Å²) in [5, 5.41) is 6.16. The summed E-state index contributed by atoms with van der Waals surface area (Å²) in [5.41, 5.74) is 6.51. The molecule has 42 heavy (non-hydrogen) atoms. The number of carbonyl (C=O) groups is 1. The van der Waals surface area contributed by atoms with E-state index in [1.807, 2.05) is 79.7 Å². The first kappa shape index (κ1) is 28.3. The van der Waals surface area contributed by atoms with Crippen molar-refractivity contribution in [3.05, 3.63) is 129 Å². The van der Waals surface area contributed by atoms with E-state index in [9.17, 15) is 14.4 Å². The molecule has 212 valence electrons. The molecule has 0 bridgehead atoms. The third kappa shape index (κ3) is 6.07. The Balaban J connectivity index is 1.39. The number of aromatic nitrogens is 3. The topological polar surface area (TPSA) is 109 Å². The quantitative estimate of drug-likeness (QED) is 0.223. The Labute approximate surface area is 244 Å². The average Bonchev–Trinajstić information content (AvgIpc) is 2.96. The van der Waals surface area contributed by atoms with E-state index < -0.39 is 0 Å². The van der Waals surface area contributed by atoms with Crippen LogP contribution in [0.4, 0.5) is 17.2 Å². The highest BCUT2D eigenvalue weighted by Crippen LogP contribution is 2.29. The first-order chi connectivity index (χ1) is 20.0. The largest absolute Gasteiger partial charge is 0.336 e. The number of carbonyl (C=O) groups excluding carboxylic acids is 1. The molecule has 0 atom stereocenters. The molecule has 0 unspecified atom stereocenters. The maximum Gasteiger partial charge on any atom is 0.293 e. The number of aromatic amines is 1. The standard InChI is InChI=1S/C34H33N5O3/c1-21-27(7-6-8-28(21)38-32(41)23-9-13-25(14-10-23)34(2,3)4)29-20-39(5)33(42)31(37-29)36-26-15-11-22(12-16-26)24-17-18-35-30(40)19-24/h6-20H,1-5H3,(H,35,40)(H,36,37)(H,38,41). The molecule has 0 fully saturated rings. The van der Waals surface area contributed by atoms with Crippen molar-refractivity contribution in [2.75, 3.05) is 10.6 Å². The van der Waals surface area contributed by atoms with Crippen LogP contribution in [0.2, 0.25) is 0 Å². The number of amides is 1. The summed E-state index contributed by atoms with van der Waals surface area (Å²) in [4.78, 5) is 45.0. The van der Waals surface area contributed by atoms with Gasteiger partial charge < -0.3 is 20.2 Å². The third-order valence-electron chi connectivity index (χ3n) is 7.20. The fraction of sp³-hybridized carbons (Fsp3) is 0.176. The van der Waals surface area contributed by atoms with Crippen molar-refractivity contribution in [1.82, 2.24) is 14.5 Å². The predicted octanol–water partition coefficient (Wildman–Crippen LogP) is 6.40. The summed E-state index contributed by atoms with van der Waals surface area (Å²) < 4.78 is 1.48. The highest BCUT2D eigenvalue weighted by molar-refractivity contribution is 6.05. The summed E-state index contributed by atoms with van der Waals surface area (Å²) in [6.45, 7) is 8.33. The van der Waals surface area contributed by atoms with Crippen LogP contribution in [0.3, 0.4) is 0 Å². The Morgan fingerprint density at radius 3 is 2.29 bits per heavy atom. The van der Waals surface area contributed by atoms with E-state index in [1.165, 1.54) is 10.6 Å². The van der Waals surface area contributed by atoms with Gasteiger partial charge in [0.25, 0.3) is 11.5 Å². The number of hydrogen-bond donors (Lipinski definition) is 3. The van der Waals surface area contributed by atoms with E-state index >= 15 is 0 Å². The molecule has 2 heterocycles. The van der Waals surface area contributed by atoms with Crippen molar-refractivity contribution in [3.8, 4) is 22.4 Å². The Bertz CT molecular complexity index is 1880. The van der Waals surface area contributed by atoms with Gasteiger partial charge in [-0.3, -0.25) is 14.4 Å². The number of H-pyrrole nitrogens is 1. The molecule has 3 N–H and O–H groups in total. The molecule has 0 aliphatic rings. The number of nitrogens with zero attached hydrogens (tertiary/aromatic N) is 2. The van der Waals surface area contributed by atoms with Gasteiger partial charge in [-0.1, -0.05) is 57.2 Å². The van der Waals surface area contributed by atoms with Gasteiger partial charge in [0, 0.05) is 48.0 Å². The molecule has 5 rings (SSSR count). The highest BCUT2D eigenvalue weighted by atomic mass is 16.2. The Morgan fingerprint density at radius 2 is 1.62 bits per heavy atom. The molecule has 0 aliphatic heterocycles. The molecule has 0 spiro atoms. The van der Waals surface area contributed by atoms with Gasteiger partial charge in [-0.2, -0.15) is 0 Å². The Kier molecular flexibility index (Phi) is 7.63. The Morgan fingerprint density at radius 1 is 0.905 bits per heavy atom. The first-order valence-electron chi connectivity index (χ1n) is 13.7. The lowest BCUT2D eigenvalue weighted by Crippen LogP contribution is -2.21. The molecule has 0 saturated carbocycles. The van der Waals surface area contributed by atoms with Gasteiger partial charge in [0.1, 0.15) is 0 Å². The number of anilines is 3. The fourth-order valence-corrected chi connectivity index (χ4v) is 4.69. The summed E-state index contributed by atoms with van der Waals surface area (Å²) in [7, 11) is 1.68. The molecule has 0 aliphatic carbocycles. The minimum Gasteiger partial charge on any atom is -0.336 e. The van der Waals surface area contributed by atoms with Gasteiger partial charge in [0.2, 0.25) is 5.56 Å². The fourth-order valence-electron chi connectivity index (χ4n) is 4.69. The van der Waals surface area contributed by atoms with Gasteiger partial charge >= 0.3 is 0 Å². The lowest BCUT2D eigenvalue weighted by atomic mass is 9.86. The van der Waals surface area contributed by atoms with Gasteiger partial charge in [-0.15, -0.1) is 0 Å². The molecule has 0 radical (unpaired) electrons. The number of aryl methyl sites for hydroxylation is 1. The predicted molar refractivity (Wildman–Crippen MR) is 169 cm³/mol. The van der Waals surface area contributed by atoms with Crippen molar-refractivity contribution < 1.29 is 4.79 Å². The van der Waals surface area contributed by atoms with E-state index in [-0.39, 0.29) is 28.3 Å². The molecule has 2 aromatic heterocycles. The monoisotopic (exact) mass is 559 g/mol. The minimum atomic E-state index is -0.279. The molecular weight excluding hydrogens is 526 g/mol. The molecule has 8 nitrogen and oxygen atoms in total. The summed E-state index contributed by atoms with van der Waals surface area (Å²) >= 11 is 0. The maximum atomic E-state index is 13.1. The minimum absolute atomic E-state index is 0.00375. The molecular formula is C34H33N5O3. The van der Waals surface area contributed by atoms with Crippen LogP contribution in [0.5, 0.6) is 0 Å². The Hall–Kier alpha value is -5.24. The lowest BCUT2D eigenvalue weighted by Gasteiger charge is -2.19. The van der Waals surface area contributed by atoms with Crippen LogP contribution in [-0.2, 0) is 12.5 Å². The van der Waals surface area contributed by atoms with E-state index in [2.05, 4.69) is 41.4 Å². The number of hydrogen-bond acceptors (Lipinski definition) is 5. The number of nitrogens with one attached hydrogen (secondary N) is 3. The van der Waals surface area contributed by atoms with Crippen LogP contribution >= 0.6 is 0 Å². The van der Waals surface area contributed by atoms with Crippen molar-refractivity contribution >= 4 is 23.1 Å². The van der Waals surface area contributed by atoms with Gasteiger partial charge in [0.15, 0.2) is 5.82 Å². The van der Waals surface area contributed by atoms with Crippen molar-refractivity contribution in [3.63, 3.8) is 0 Å². The first-order valence-corrected chi connectivity index (χ1v) is 13.7. The van der Waals surface area contributed by atoms with Crippen LogP contribution in [0, 0.1) is 6.92 Å². The van der Waals surface area contributed by atoms with Crippen LogP contribution in [-0.4, -0.2) is 20.4 Å². The lowest BCUT2D eigenvalue weighted by molar-refractivity contribution is 0.102. The molecule has 0 saturated heterocycles. The van der Waals surface area contributed by atoms with Crippen molar-refractivity contribution in [2.24, 2.45) is 7.05 Å². The second-order valence-electron chi connectivity index (χ2n) is 11.3. The number of rotatable bonds is 6. The number of benzene rings is 3. The van der Waals surface area contributed by atoms with E-state index in [0.717, 1.165) is 27.8 Å². The SMILES string of the molecule is Cc1c(NC(=O)c2ccc(C(C)(C)C)cc2)cccc1-c1cn(C)c(=O)c(Nc2ccc(-c3cc[nH]c(=O)c3)cc2)n1. The molecule has 5 aromatic rings.